The third-order valence-electron chi connectivity index (χ3n) is 3.71. The van der Waals surface area contributed by atoms with Gasteiger partial charge in [0.15, 0.2) is 11.6 Å². The normalized spacial score (nSPS) is 10.9. The minimum absolute atomic E-state index is 0.0400. The van der Waals surface area contributed by atoms with Gasteiger partial charge in [-0.05, 0) is 19.1 Å². The van der Waals surface area contributed by atoms with E-state index >= 15 is 0 Å². The molecule has 1 amide bonds. The van der Waals surface area contributed by atoms with Gasteiger partial charge in [0.05, 0.1) is 18.4 Å². The van der Waals surface area contributed by atoms with Crippen LogP contribution in [0.5, 0.6) is 5.75 Å². The largest absolute Gasteiger partial charge is 0.496 e. The van der Waals surface area contributed by atoms with Crippen molar-refractivity contribution in [3.8, 4) is 17.1 Å². The van der Waals surface area contributed by atoms with E-state index in [0.29, 0.717) is 28.6 Å². The van der Waals surface area contributed by atoms with E-state index in [-0.39, 0.29) is 17.8 Å². The number of hydrogen-bond acceptors (Lipinski definition) is 6. The number of carbonyl (C=O) groups excluding carboxylic acids is 1. The number of aromatic amines is 1. The first-order valence-corrected chi connectivity index (χ1v) is 7.84. The second kappa shape index (κ2) is 6.76. The number of carbonyl (C=O) groups is 1. The van der Waals surface area contributed by atoms with Gasteiger partial charge in [0.25, 0.3) is 5.91 Å². The summed E-state index contributed by atoms with van der Waals surface area (Å²) in [7, 11) is 1.58. The van der Waals surface area contributed by atoms with E-state index in [2.05, 4.69) is 25.7 Å². The minimum Gasteiger partial charge on any atom is -0.496 e. The Morgan fingerprint density at radius 3 is 2.80 bits per heavy atom. The molecule has 130 valence electrons. The maximum Gasteiger partial charge on any atom is 0.263 e. The molecule has 0 bridgehead atoms. The highest BCUT2D eigenvalue weighted by Crippen LogP contribution is 2.27. The summed E-state index contributed by atoms with van der Waals surface area (Å²) in [5.74, 6) is 1.55. The Hall–Kier alpha value is -3.16. The van der Waals surface area contributed by atoms with Crippen LogP contribution in [0.4, 0.5) is 5.95 Å². The maximum absolute atomic E-state index is 12.6. The van der Waals surface area contributed by atoms with Gasteiger partial charge in [0.2, 0.25) is 5.95 Å². The zero-order chi connectivity index (χ0) is 18.0. The van der Waals surface area contributed by atoms with Crippen molar-refractivity contribution in [3.63, 3.8) is 0 Å². The second-order valence-electron chi connectivity index (χ2n) is 5.82. The molecule has 2 N–H and O–H groups in total. The van der Waals surface area contributed by atoms with Gasteiger partial charge in [-0.1, -0.05) is 31.1 Å². The Morgan fingerprint density at radius 2 is 2.08 bits per heavy atom. The van der Waals surface area contributed by atoms with E-state index in [4.69, 9.17) is 9.26 Å². The zero-order valence-corrected chi connectivity index (χ0v) is 14.5. The summed E-state index contributed by atoms with van der Waals surface area (Å²) < 4.78 is 10.6. The van der Waals surface area contributed by atoms with Crippen molar-refractivity contribution in [2.24, 2.45) is 0 Å². The van der Waals surface area contributed by atoms with E-state index in [1.54, 1.807) is 14.0 Å². The van der Waals surface area contributed by atoms with Crippen LogP contribution in [0.1, 0.15) is 41.6 Å². The van der Waals surface area contributed by atoms with Crippen LogP contribution in [-0.4, -0.2) is 33.4 Å². The molecule has 2 aromatic heterocycles. The highest BCUT2D eigenvalue weighted by atomic mass is 16.5. The number of para-hydroxylation sites is 1. The molecule has 0 saturated heterocycles. The van der Waals surface area contributed by atoms with E-state index < -0.39 is 0 Å². The number of nitrogens with one attached hydrogen (secondary N) is 2. The summed E-state index contributed by atoms with van der Waals surface area (Å²) in [6, 6.07) is 7.41. The second-order valence-corrected chi connectivity index (χ2v) is 5.82. The number of benzene rings is 1. The van der Waals surface area contributed by atoms with Crippen LogP contribution in [-0.2, 0) is 0 Å². The Kier molecular flexibility index (Phi) is 4.51. The Labute approximate surface area is 144 Å². The smallest absolute Gasteiger partial charge is 0.263 e. The fraction of sp³-hybridized carbons (Fsp3) is 0.294. The predicted octanol–water partition coefficient (Wildman–Crippen LogP) is 3.15. The number of nitrogens with zero attached hydrogens (tertiary/aromatic N) is 3. The van der Waals surface area contributed by atoms with E-state index in [9.17, 15) is 4.79 Å². The van der Waals surface area contributed by atoms with Crippen molar-refractivity contribution in [1.29, 1.82) is 0 Å². The molecule has 0 saturated carbocycles. The minimum atomic E-state index is -0.354. The lowest BCUT2D eigenvalue weighted by molar-refractivity contribution is 0.102. The van der Waals surface area contributed by atoms with Crippen molar-refractivity contribution in [1.82, 2.24) is 20.3 Å². The molecular formula is C17H19N5O3. The van der Waals surface area contributed by atoms with Crippen molar-refractivity contribution in [2.75, 3.05) is 12.4 Å². The fourth-order valence-corrected chi connectivity index (χ4v) is 2.50. The van der Waals surface area contributed by atoms with Crippen molar-refractivity contribution in [2.45, 2.75) is 26.7 Å². The topological polar surface area (TPSA) is 106 Å². The first-order chi connectivity index (χ1) is 12.0. The Balaban J connectivity index is 1.85. The van der Waals surface area contributed by atoms with Crippen LogP contribution in [0.2, 0.25) is 0 Å². The molecule has 0 fully saturated rings. The van der Waals surface area contributed by atoms with Gasteiger partial charge in [0, 0.05) is 5.92 Å². The molecule has 0 radical (unpaired) electrons. The molecule has 25 heavy (non-hydrogen) atoms. The van der Waals surface area contributed by atoms with E-state index in [1.807, 2.05) is 38.1 Å². The quantitative estimate of drug-likeness (QED) is 0.738. The van der Waals surface area contributed by atoms with Crippen molar-refractivity contribution < 1.29 is 14.1 Å². The zero-order valence-electron chi connectivity index (χ0n) is 14.5. The summed E-state index contributed by atoms with van der Waals surface area (Å²) in [5.41, 5.74) is 1.70. The number of methoxy groups -OCH3 is 1. The summed E-state index contributed by atoms with van der Waals surface area (Å²) in [4.78, 5) is 16.9. The lowest BCUT2D eigenvalue weighted by atomic mass is 10.0. The number of H-pyrrole nitrogens is 1. The number of aromatic nitrogens is 4. The molecule has 0 atom stereocenters. The van der Waals surface area contributed by atoms with E-state index in [0.717, 1.165) is 5.56 Å². The summed E-state index contributed by atoms with van der Waals surface area (Å²) in [6.07, 6.45) is 0. The van der Waals surface area contributed by atoms with Crippen molar-refractivity contribution >= 4 is 11.9 Å². The van der Waals surface area contributed by atoms with Crippen LogP contribution in [0.3, 0.4) is 0 Å². The van der Waals surface area contributed by atoms with Gasteiger partial charge in [0.1, 0.15) is 11.3 Å². The monoisotopic (exact) mass is 341 g/mol. The molecule has 0 aliphatic carbocycles. The summed E-state index contributed by atoms with van der Waals surface area (Å²) in [6.45, 7) is 5.59. The molecule has 3 rings (SSSR count). The third kappa shape index (κ3) is 3.23. The van der Waals surface area contributed by atoms with Gasteiger partial charge in [-0.2, -0.15) is 4.98 Å². The number of anilines is 1. The first kappa shape index (κ1) is 16.7. The summed E-state index contributed by atoms with van der Waals surface area (Å²) >= 11 is 0. The van der Waals surface area contributed by atoms with Gasteiger partial charge >= 0.3 is 0 Å². The number of rotatable bonds is 5. The number of aryl methyl sites for hydroxylation is 1. The number of hydrogen-bond donors (Lipinski definition) is 2. The van der Waals surface area contributed by atoms with Gasteiger partial charge in [-0.25, -0.2) is 0 Å². The van der Waals surface area contributed by atoms with Crippen LogP contribution < -0.4 is 10.1 Å². The highest BCUT2D eigenvalue weighted by molar-refractivity contribution is 6.05. The lowest BCUT2D eigenvalue weighted by Gasteiger charge is -2.05. The number of amides is 1. The van der Waals surface area contributed by atoms with Crippen molar-refractivity contribution in [3.05, 3.63) is 41.3 Å². The standard InChI is InChI=1S/C17H19N5O3/c1-9(2)14-13(10(3)22-25-14)16(23)19-17-18-15(20-21-17)11-7-5-6-8-12(11)24-4/h5-9H,1-4H3,(H2,18,19,20,21,23). The summed E-state index contributed by atoms with van der Waals surface area (Å²) in [5, 5.41) is 13.4. The van der Waals surface area contributed by atoms with Gasteiger partial charge in [-0.15, -0.1) is 5.10 Å². The van der Waals surface area contributed by atoms with Crippen LogP contribution in [0.15, 0.2) is 28.8 Å². The molecule has 0 unspecified atom stereocenters. The van der Waals surface area contributed by atoms with E-state index in [1.165, 1.54) is 0 Å². The van der Waals surface area contributed by atoms with Gasteiger partial charge < -0.3 is 9.26 Å². The third-order valence-corrected chi connectivity index (χ3v) is 3.71. The molecule has 2 heterocycles. The predicted molar refractivity (Wildman–Crippen MR) is 91.7 cm³/mol. The SMILES string of the molecule is COc1ccccc1-c1nc(NC(=O)c2c(C)noc2C(C)C)n[nH]1. The Bertz CT molecular complexity index is 897. The molecule has 1 aromatic carbocycles. The fourth-order valence-electron chi connectivity index (χ4n) is 2.50. The Morgan fingerprint density at radius 1 is 1.32 bits per heavy atom. The highest BCUT2D eigenvalue weighted by Gasteiger charge is 2.23. The van der Waals surface area contributed by atoms with Crippen LogP contribution >= 0.6 is 0 Å². The first-order valence-electron chi connectivity index (χ1n) is 7.84. The average molecular weight is 341 g/mol. The van der Waals surface area contributed by atoms with Crippen LogP contribution in [0, 0.1) is 6.92 Å². The van der Waals surface area contributed by atoms with Gasteiger partial charge in [-0.3, -0.25) is 15.2 Å². The molecule has 0 aliphatic heterocycles. The molecule has 8 heteroatoms. The maximum atomic E-state index is 12.6. The van der Waals surface area contributed by atoms with Crippen LogP contribution in [0.25, 0.3) is 11.4 Å². The molecule has 0 aliphatic rings. The lowest BCUT2D eigenvalue weighted by Crippen LogP contribution is -2.15. The number of ether oxygens (including phenoxy) is 1. The molecule has 0 spiro atoms. The molecule has 8 nitrogen and oxygen atoms in total. The molecule has 3 aromatic rings. The average Bonchev–Trinajstić information content (AvgIpc) is 3.21. The molecular weight excluding hydrogens is 322 g/mol.